The molecule has 3 aliphatic heterocycles. The van der Waals surface area contributed by atoms with Crippen LogP contribution in [0, 0.1) is 0 Å². The predicted octanol–water partition coefficient (Wildman–Crippen LogP) is 2.03. The summed E-state index contributed by atoms with van der Waals surface area (Å²) in [7, 11) is 1.72. The Balaban J connectivity index is 1.82. The second-order valence-electron chi connectivity index (χ2n) is 5.02. The van der Waals surface area contributed by atoms with Crippen LogP contribution < -0.4 is 15.0 Å². The van der Waals surface area contributed by atoms with Crippen LogP contribution in [-0.2, 0) is 0 Å². The average molecular weight is 232 g/mol. The summed E-state index contributed by atoms with van der Waals surface area (Å²) in [5.74, 6) is 0.937. The van der Waals surface area contributed by atoms with Gasteiger partial charge in [-0.2, -0.15) is 0 Å². The number of fused-ring (bicyclic) bond motifs is 4. The maximum absolute atomic E-state index is 5.21. The molecule has 1 aromatic carbocycles. The van der Waals surface area contributed by atoms with E-state index in [1.54, 1.807) is 7.11 Å². The topological polar surface area (TPSA) is 24.5 Å². The number of nitrogens with zero attached hydrogens (tertiary/aromatic N) is 1. The van der Waals surface area contributed by atoms with Gasteiger partial charge in [-0.15, -0.1) is 0 Å². The van der Waals surface area contributed by atoms with Gasteiger partial charge in [0.1, 0.15) is 5.75 Å². The van der Waals surface area contributed by atoms with Gasteiger partial charge < -0.3 is 15.0 Å². The molecule has 3 heterocycles. The van der Waals surface area contributed by atoms with Crippen LogP contribution in [0.25, 0.3) is 0 Å². The van der Waals surface area contributed by atoms with Gasteiger partial charge >= 0.3 is 0 Å². The van der Waals surface area contributed by atoms with E-state index in [4.69, 9.17) is 4.74 Å². The zero-order valence-corrected chi connectivity index (χ0v) is 10.4. The van der Waals surface area contributed by atoms with Gasteiger partial charge in [0.25, 0.3) is 0 Å². The second kappa shape index (κ2) is 4.57. The van der Waals surface area contributed by atoms with E-state index in [2.05, 4.69) is 34.5 Å². The first-order valence-corrected chi connectivity index (χ1v) is 6.51. The van der Waals surface area contributed by atoms with Crippen molar-refractivity contribution in [3.8, 4) is 5.75 Å². The van der Waals surface area contributed by atoms with Crippen molar-refractivity contribution in [1.29, 1.82) is 0 Å². The molecule has 3 fully saturated rings. The van der Waals surface area contributed by atoms with E-state index >= 15 is 0 Å². The van der Waals surface area contributed by atoms with E-state index < -0.39 is 0 Å². The van der Waals surface area contributed by atoms with E-state index in [0.29, 0.717) is 6.04 Å². The zero-order chi connectivity index (χ0) is 11.7. The Labute approximate surface area is 103 Å². The lowest BCUT2D eigenvalue weighted by Crippen LogP contribution is -2.46. The molecular formula is C14H20N2O. The minimum Gasteiger partial charge on any atom is -0.497 e. The van der Waals surface area contributed by atoms with Gasteiger partial charge in [-0.3, -0.25) is 0 Å². The molecule has 0 aromatic heterocycles. The Bertz CT molecular complexity index is 372. The molecule has 0 unspecified atom stereocenters. The molecule has 4 rings (SSSR count). The van der Waals surface area contributed by atoms with Crippen LogP contribution in [0.1, 0.15) is 19.3 Å². The van der Waals surface area contributed by atoms with Gasteiger partial charge in [0.05, 0.1) is 7.11 Å². The standard InChI is InChI=1S/C14H20N2O/c1-17-14-6-4-12(5-7-14)16-10-11-2-3-13(16)8-9-15-11/h4-7,11,13,15H,2-3,8-10H2,1H3/t11-,13-/m0/s1. The van der Waals surface area contributed by atoms with Gasteiger partial charge in [0, 0.05) is 24.3 Å². The molecule has 3 heteroatoms. The van der Waals surface area contributed by atoms with E-state index in [-0.39, 0.29) is 0 Å². The largest absolute Gasteiger partial charge is 0.497 e. The number of rotatable bonds is 2. The van der Waals surface area contributed by atoms with Crippen LogP contribution in [0.3, 0.4) is 0 Å². The van der Waals surface area contributed by atoms with Crippen molar-refractivity contribution >= 4 is 5.69 Å². The molecule has 3 saturated heterocycles. The first kappa shape index (κ1) is 10.9. The van der Waals surface area contributed by atoms with Crippen LogP contribution in [-0.4, -0.2) is 32.3 Å². The Hall–Kier alpha value is -1.22. The van der Waals surface area contributed by atoms with Crippen molar-refractivity contribution < 1.29 is 4.74 Å². The summed E-state index contributed by atoms with van der Waals surface area (Å²) >= 11 is 0. The second-order valence-corrected chi connectivity index (χ2v) is 5.02. The van der Waals surface area contributed by atoms with Crippen LogP contribution in [0.2, 0.25) is 0 Å². The van der Waals surface area contributed by atoms with E-state index in [9.17, 15) is 0 Å². The lowest BCUT2D eigenvalue weighted by atomic mass is 9.98. The summed E-state index contributed by atoms with van der Waals surface area (Å²) in [5, 5.41) is 3.63. The molecule has 3 nitrogen and oxygen atoms in total. The van der Waals surface area contributed by atoms with Crippen molar-refractivity contribution in [3.05, 3.63) is 24.3 Å². The SMILES string of the molecule is COc1ccc(N2C[C@@H]3CC[C@H]2CCN3)cc1. The highest BCUT2D eigenvalue weighted by Crippen LogP contribution is 2.29. The number of anilines is 1. The summed E-state index contributed by atoms with van der Waals surface area (Å²) < 4.78 is 5.21. The Morgan fingerprint density at radius 2 is 2.00 bits per heavy atom. The number of hydrogen-bond donors (Lipinski definition) is 1. The van der Waals surface area contributed by atoms with Crippen LogP contribution >= 0.6 is 0 Å². The molecule has 0 aliphatic carbocycles. The minimum absolute atomic E-state index is 0.677. The third-order valence-electron chi connectivity index (χ3n) is 4.02. The highest BCUT2D eigenvalue weighted by molar-refractivity contribution is 5.50. The van der Waals surface area contributed by atoms with E-state index in [1.165, 1.54) is 31.5 Å². The number of nitrogens with one attached hydrogen (secondary N) is 1. The van der Waals surface area contributed by atoms with E-state index in [0.717, 1.165) is 18.3 Å². The van der Waals surface area contributed by atoms with Gasteiger partial charge in [0.15, 0.2) is 0 Å². The molecule has 1 aromatic rings. The van der Waals surface area contributed by atoms with Gasteiger partial charge in [-0.1, -0.05) is 0 Å². The number of hydrogen-bond acceptors (Lipinski definition) is 3. The van der Waals surface area contributed by atoms with Crippen LogP contribution in [0.4, 0.5) is 5.69 Å². The number of piperidine rings is 1. The summed E-state index contributed by atoms with van der Waals surface area (Å²) in [5.41, 5.74) is 1.34. The van der Waals surface area contributed by atoms with Gasteiger partial charge in [0.2, 0.25) is 0 Å². The van der Waals surface area contributed by atoms with Crippen LogP contribution in [0.15, 0.2) is 24.3 Å². The Kier molecular flexibility index (Phi) is 2.93. The molecule has 0 radical (unpaired) electrons. The molecule has 3 aliphatic rings. The quantitative estimate of drug-likeness (QED) is 0.844. The normalized spacial score (nSPS) is 27.9. The van der Waals surface area contributed by atoms with E-state index in [1.807, 2.05) is 0 Å². The lowest BCUT2D eigenvalue weighted by Gasteiger charge is -2.38. The fourth-order valence-corrected chi connectivity index (χ4v) is 3.04. The first-order chi connectivity index (χ1) is 8.36. The molecule has 2 bridgehead atoms. The monoisotopic (exact) mass is 232 g/mol. The van der Waals surface area contributed by atoms with Gasteiger partial charge in [-0.05, 0) is 50.1 Å². The highest BCUT2D eigenvalue weighted by Gasteiger charge is 2.30. The summed E-state index contributed by atoms with van der Waals surface area (Å²) in [6.07, 6.45) is 3.92. The fourth-order valence-electron chi connectivity index (χ4n) is 3.04. The Morgan fingerprint density at radius 1 is 1.18 bits per heavy atom. The number of benzene rings is 1. The molecule has 0 amide bonds. The average Bonchev–Trinajstić information content (AvgIpc) is 2.74. The maximum atomic E-state index is 5.21. The third-order valence-corrected chi connectivity index (χ3v) is 4.02. The van der Waals surface area contributed by atoms with Gasteiger partial charge in [-0.25, -0.2) is 0 Å². The summed E-state index contributed by atoms with van der Waals surface area (Å²) in [6, 6.07) is 9.87. The molecule has 2 atom stereocenters. The summed E-state index contributed by atoms with van der Waals surface area (Å²) in [4.78, 5) is 2.56. The summed E-state index contributed by atoms with van der Waals surface area (Å²) in [6.45, 7) is 2.32. The predicted molar refractivity (Wildman–Crippen MR) is 69.8 cm³/mol. The smallest absolute Gasteiger partial charge is 0.119 e. The van der Waals surface area contributed by atoms with Crippen molar-refractivity contribution in [1.82, 2.24) is 5.32 Å². The lowest BCUT2D eigenvalue weighted by molar-refractivity contribution is 0.413. The maximum Gasteiger partial charge on any atom is 0.119 e. The highest BCUT2D eigenvalue weighted by atomic mass is 16.5. The number of methoxy groups -OCH3 is 1. The molecule has 1 N–H and O–H groups in total. The molecule has 92 valence electrons. The number of ether oxygens (including phenoxy) is 1. The van der Waals surface area contributed by atoms with Crippen molar-refractivity contribution in [2.45, 2.75) is 31.3 Å². The van der Waals surface area contributed by atoms with Crippen molar-refractivity contribution in [2.24, 2.45) is 0 Å². The van der Waals surface area contributed by atoms with Crippen molar-refractivity contribution in [3.63, 3.8) is 0 Å². The molecule has 17 heavy (non-hydrogen) atoms. The third kappa shape index (κ3) is 2.12. The Morgan fingerprint density at radius 3 is 2.76 bits per heavy atom. The molecular weight excluding hydrogens is 212 g/mol. The van der Waals surface area contributed by atoms with Crippen LogP contribution in [0.5, 0.6) is 5.75 Å². The molecule has 0 spiro atoms. The first-order valence-electron chi connectivity index (χ1n) is 6.51. The minimum atomic E-state index is 0.677. The van der Waals surface area contributed by atoms with Crippen molar-refractivity contribution in [2.75, 3.05) is 25.1 Å². The fraction of sp³-hybridized carbons (Fsp3) is 0.571. The zero-order valence-electron chi connectivity index (χ0n) is 10.4. The molecule has 0 saturated carbocycles.